The number of carbonyl (C=O) groups excluding carboxylic acids is 1. The van der Waals surface area contributed by atoms with Crippen LogP contribution in [0.2, 0.25) is 0 Å². The van der Waals surface area contributed by atoms with Crippen molar-refractivity contribution in [3.8, 4) is 11.5 Å². The minimum Gasteiger partial charge on any atom is -0.504 e. The van der Waals surface area contributed by atoms with Gasteiger partial charge in [-0.15, -0.1) is 0 Å². The van der Waals surface area contributed by atoms with Gasteiger partial charge in [-0.05, 0) is 31.2 Å². The highest BCUT2D eigenvalue weighted by molar-refractivity contribution is 5.99. The summed E-state index contributed by atoms with van der Waals surface area (Å²) < 4.78 is 5.03. The average molecular weight is 335 g/mol. The number of benzene rings is 2. The van der Waals surface area contributed by atoms with E-state index >= 15 is 0 Å². The van der Waals surface area contributed by atoms with E-state index in [4.69, 9.17) is 4.74 Å². The summed E-state index contributed by atoms with van der Waals surface area (Å²) in [6, 6.07) is 14.4. The SMILES string of the molecule is COc1cccc(/C=N\NC(=O)c2cc3ccccc3nc2C)c1O. The Labute approximate surface area is 144 Å². The number of carbonyl (C=O) groups is 1. The lowest BCUT2D eigenvalue weighted by Gasteiger charge is -2.07. The largest absolute Gasteiger partial charge is 0.504 e. The fourth-order valence-electron chi connectivity index (χ4n) is 2.47. The number of hydrazone groups is 1. The Kier molecular flexibility index (Phi) is 4.61. The lowest BCUT2D eigenvalue weighted by atomic mass is 10.1. The van der Waals surface area contributed by atoms with Gasteiger partial charge >= 0.3 is 0 Å². The summed E-state index contributed by atoms with van der Waals surface area (Å²) in [6.45, 7) is 1.78. The molecule has 6 heteroatoms. The van der Waals surface area contributed by atoms with Gasteiger partial charge in [0.25, 0.3) is 5.91 Å². The lowest BCUT2D eigenvalue weighted by Crippen LogP contribution is -2.19. The number of pyridine rings is 1. The third-order valence-electron chi connectivity index (χ3n) is 3.78. The third-order valence-corrected chi connectivity index (χ3v) is 3.78. The number of nitrogens with one attached hydrogen (secondary N) is 1. The molecule has 0 fully saturated rings. The van der Waals surface area contributed by atoms with Crippen molar-refractivity contribution >= 4 is 23.0 Å². The van der Waals surface area contributed by atoms with Crippen molar-refractivity contribution in [3.63, 3.8) is 0 Å². The molecule has 1 amide bonds. The van der Waals surface area contributed by atoms with Gasteiger partial charge in [0.1, 0.15) is 0 Å². The summed E-state index contributed by atoms with van der Waals surface area (Å²) >= 11 is 0. The summed E-state index contributed by atoms with van der Waals surface area (Å²) in [5.41, 5.74) is 4.80. The van der Waals surface area contributed by atoms with Crippen LogP contribution in [0.25, 0.3) is 10.9 Å². The van der Waals surface area contributed by atoms with E-state index in [0.29, 0.717) is 22.6 Å². The Morgan fingerprint density at radius 3 is 2.84 bits per heavy atom. The molecule has 0 radical (unpaired) electrons. The van der Waals surface area contributed by atoms with E-state index in [1.165, 1.54) is 13.3 Å². The molecule has 6 nitrogen and oxygen atoms in total. The molecule has 0 aliphatic rings. The number of ether oxygens (including phenoxy) is 1. The van der Waals surface area contributed by atoms with Gasteiger partial charge < -0.3 is 9.84 Å². The molecule has 0 bridgehead atoms. The van der Waals surface area contributed by atoms with Gasteiger partial charge in [-0.1, -0.05) is 24.3 Å². The number of hydrogen-bond acceptors (Lipinski definition) is 5. The highest BCUT2D eigenvalue weighted by atomic mass is 16.5. The Morgan fingerprint density at radius 2 is 2.04 bits per heavy atom. The molecule has 1 heterocycles. The number of rotatable bonds is 4. The second kappa shape index (κ2) is 7.00. The minimum absolute atomic E-state index is 0.0356. The maximum absolute atomic E-state index is 12.4. The number of fused-ring (bicyclic) bond motifs is 1. The highest BCUT2D eigenvalue weighted by Gasteiger charge is 2.11. The smallest absolute Gasteiger partial charge is 0.273 e. The molecule has 2 aromatic carbocycles. The Hall–Kier alpha value is -3.41. The van der Waals surface area contributed by atoms with Crippen LogP contribution < -0.4 is 10.2 Å². The number of para-hydroxylation sites is 2. The van der Waals surface area contributed by atoms with E-state index in [0.717, 1.165) is 10.9 Å². The van der Waals surface area contributed by atoms with E-state index < -0.39 is 0 Å². The molecule has 0 saturated carbocycles. The lowest BCUT2D eigenvalue weighted by molar-refractivity contribution is 0.0954. The second-order valence-corrected chi connectivity index (χ2v) is 5.41. The van der Waals surface area contributed by atoms with Crippen molar-refractivity contribution < 1.29 is 14.6 Å². The van der Waals surface area contributed by atoms with Gasteiger partial charge in [0.15, 0.2) is 11.5 Å². The van der Waals surface area contributed by atoms with Crippen molar-refractivity contribution in [2.75, 3.05) is 7.11 Å². The van der Waals surface area contributed by atoms with Crippen molar-refractivity contribution in [3.05, 3.63) is 65.4 Å². The Balaban J connectivity index is 1.80. The maximum Gasteiger partial charge on any atom is 0.273 e. The quantitative estimate of drug-likeness (QED) is 0.567. The summed E-state index contributed by atoms with van der Waals surface area (Å²) in [7, 11) is 1.47. The monoisotopic (exact) mass is 335 g/mol. The van der Waals surface area contributed by atoms with Gasteiger partial charge in [-0.25, -0.2) is 5.43 Å². The van der Waals surface area contributed by atoms with E-state index in [1.54, 1.807) is 31.2 Å². The standard InChI is InChI=1S/C19H17N3O3/c1-12-15(10-13-6-3-4-8-16(13)21-12)19(24)22-20-11-14-7-5-9-17(25-2)18(14)23/h3-11,23H,1-2H3,(H,22,24)/b20-11-. The van der Waals surface area contributed by atoms with E-state index in [1.807, 2.05) is 24.3 Å². The van der Waals surface area contributed by atoms with Crippen molar-refractivity contribution in [2.45, 2.75) is 6.92 Å². The van der Waals surface area contributed by atoms with Gasteiger partial charge in [-0.3, -0.25) is 9.78 Å². The molecule has 0 aliphatic heterocycles. The van der Waals surface area contributed by atoms with Crippen LogP contribution in [0.1, 0.15) is 21.6 Å². The van der Waals surface area contributed by atoms with Gasteiger partial charge in [0.2, 0.25) is 0 Å². The molecule has 0 atom stereocenters. The predicted molar refractivity (Wildman–Crippen MR) is 96.2 cm³/mol. The van der Waals surface area contributed by atoms with Crippen LogP contribution in [0.4, 0.5) is 0 Å². The van der Waals surface area contributed by atoms with Crippen LogP contribution >= 0.6 is 0 Å². The predicted octanol–water partition coefficient (Wildman–Crippen LogP) is 3.02. The van der Waals surface area contributed by atoms with Crippen molar-refractivity contribution in [1.82, 2.24) is 10.4 Å². The summed E-state index contributed by atoms with van der Waals surface area (Å²) in [6.07, 6.45) is 1.36. The van der Waals surface area contributed by atoms with Crippen LogP contribution in [0.5, 0.6) is 11.5 Å². The number of aromatic hydroxyl groups is 1. The first kappa shape index (κ1) is 16.4. The van der Waals surface area contributed by atoms with Gasteiger partial charge in [-0.2, -0.15) is 5.10 Å². The molecule has 0 saturated heterocycles. The molecule has 3 aromatic rings. The van der Waals surface area contributed by atoms with Crippen molar-refractivity contribution in [2.24, 2.45) is 5.10 Å². The molecule has 0 unspecified atom stereocenters. The number of amides is 1. The highest BCUT2D eigenvalue weighted by Crippen LogP contribution is 2.27. The topological polar surface area (TPSA) is 83.8 Å². The van der Waals surface area contributed by atoms with E-state index in [-0.39, 0.29) is 11.7 Å². The van der Waals surface area contributed by atoms with E-state index in [9.17, 15) is 9.90 Å². The van der Waals surface area contributed by atoms with Gasteiger partial charge in [0, 0.05) is 10.9 Å². The molecule has 3 rings (SSSR count). The van der Waals surface area contributed by atoms with Crippen LogP contribution in [0.3, 0.4) is 0 Å². The molecule has 0 aliphatic carbocycles. The molecule has 126 valence electrons. The summed E-state index contributed by atoms with van der Waals surface area (Å²) in [5.74, 6) is -0.0641. The first-order valence-corrected chi connectivity index (χ1v) is 7.66. The molecule has 2 N–H and O–H groups in total. The van der Waals surface area contributed by atoms with Gasteiger partial charge in [0.05, 0.1) is 30.1 Å². The number of phenolic OH excluding ortho intramolecular Hbond substituents is 1. The number of aromatic nitrogens is 1. The molecular formula is C19H17N3O3. The minimum atomic E-state index is -0.366. The number of hydrogen-bond donors (Lipinski definition) is 2. The fraction of sp³-hybridized carbons (Fsp3) is 0.105. The normalized spacial score (nSPS) is 11.0. The average Bonchev–Trinajstić information content (AvgIpc) is 2.62. The van der Waals surface area contributed by atoms with Crippen molar-refractivity contribution in [1.29, 1.82) is 0 Å². The summed E-state index contributed by atoms with van der Waals surface area (Å²) in [5, 5.41) is 14.8. The fourth-order valence-corrected chi connectivity index (χ4v) is 2.47. The summed E-state index contributed by atoms with van der Waals surface area (Å²) in [4.78, 5) is 16.8. The number of methoxy groups -OCH3 is 1. The Morgan fingerprint density at radius 1 is 1.24 bits per heavy atom. The first-order valence-electron chi connectivity index (χ1n) is 7.66. The zero-order valence-corrected chi connectivity index (χ0v) is 13.9. The number of nitrogens with zero attached hydrogens (tertiary/aromatic N) is 2. The first-order chi connectivity index (χ1) is 12.1. The molecule has 1 aromatic heterocycles. The zero-order chi connectivity index (χ0) is 17.8. The maximum atomic E-state index is 12.4. The molecule has 25 heavy (non-hydrogen) atoms. The number of aryl methyl sites for hydroxylation is 1. The third kappa shape index (κ3) is 3.42. The van der Waals surface area contributed by atoms with E-state index in [2.05, 4.69) is 15.5 Å². The zero-order valence-electron chi connectivity index (χ0n) is 13.9. The van der Waals surface area contributed by atoms with Crippen LogP contribution in [0, 0.1) is 6.92 Å². The van der Waals surface area contributed by atoms with Crippen LogP contribution in [-0.2, 0) is 0 Å². The number of phenols is 1. The molecule has 0 spiro atoms. The second-order valence-electron chi connectivity index (χ2n) is 5.41. The Bertz CT molecular complexity index is 967. The van der Waals surface area contributed by atoms with Crippen LogP contribution in [-0.4, -0.2) is 29.3 Å². The van der Waals surface area contributed by atoms with Crippen LogP contribution in [0.15, 0.2) is 53.6 Å². The molecular weight excluding hydrogens is 318 g/mol.